The summed E-state index contributed by atoms with van der Waals surface area (Å²) in [6.45, 7) is 4.03. The van der Waals surface area contributed by atoms with E-state index in [9.17, 15) is 33.1 Å². The molecular formula is C49H94O12S. The first kappa shape index (κ1) is 58.9. The van der Waals surface area contributed by atoms with Gasteiger partial charge in [-0.05, 0) is 38.5 Å². The monoisotopic (exact) mass is 907 g/mol. The largest absolute Gasteiger partial charge is 0.457 e. The van der Waals surface area contributed by atoms with Crippen LogP contribution in [0, 0.1) is 0 Å². The maximum atomic E-state index is 12.9. The second kappa shape index (κ2) is 41.3. The van der Waals surface area contributed by atoms with Crippen LogP contribution in [-0.4, -0.2) is 97.5 Å². The van der Waals surface area contributed by atoms with E-state index >= 15 is 0 Å². The van der Waals surface area contributed by atoms with Gasteiger partial charge in [-0.3, -0.25) is 9.35 Å². The molecule has 1 fully saturated rings. The Balaban J connectivity index is 2.31. The van der Waals surface area contributed by atoms with Gasteiger partial charge in [-0.25, -0.2) is 4.18 Å². The van der Waals surface area contributed by atoms with Gasteiger partial charge in [0.25, 0.3) is 0 Å². The topological polar surface area (TPSA) is 178 Å². The minimum absolute atomic E-state index is 0.0417. The van der Waals surface area contributed by atoms with Crippen LogP contribution < -0.4 is 0 Å². The summed E-state index contributed by atoms with van der Waals surface area (Å²) in [5.74, 6) is -0.395. The number of ether oxygens (including phenoxy) is 4. The quantitative estimate of drug-likeness (QED) is 0.0197. The molecule has 1 heterocycles. The fraction of sp³-hybridized carbons (Fsp3) is 0.939. The zero-order valence-electron chi connectivity index (χ0n) is 39.5. The van der Waals surface area contributed by atoms with E-state index in [0.29, 0.717) is 13.0 Å². The maximum Gasteiger partial charge on any atom is 0.397 e. The van der Waals surface area contributed by atoms with Gasteiger partial charge in [0.2, 0.25) is 0 Å². The summed E-state index contributed by atoms with van der Waals surface area (Å²) in [5.41, 5.74) is 0. The van der Waals surface area contributed by atoms with Crippen LogP contribution in [0.5, 0.6) is 0 Å². The van der Waals surface area contributed by atoms with Crippen LogP contribution in [0.3, 0.4) is 0 Å². The summed E-state index contributed by atoms with van der Waals surface area (Å²) in [7, 11) is -5.06. The molecule has 0 spiro atoms. The summed E-state index contributed by atoms with van der Waals surface area (Å²) in [4.78, 5) is 12.9. The molecule has 13 heteroatoms. The predicted octanol–water partition coefficient (Wildman–Crippen LogP) is 11.4. The van der Waals surface area contributed by atoms with Gasteiger partial charge in [0.05, 0.1) is 19.8 Å². The van der Waals surface area contributed by atoms with Crippen molar-refractivity contribution in [3.8, 4) is 0 Å². The second-order valence-electron chi connectivity index (χ2n) is 17.8. The predicted molar refractivity (Wildman–Crippen MR) is 248 cm³/mol. The van der Waals surface area contributed by atoms with Crippen LogP contribution in [0.2, 0.25) is 0 Å². The smallest absolute Gasteiger partial charge is 0.397 e. The number of carbonyl (C=O) groups excluding carboxylic acids is 1. The molecule has 1 aliphatic heterocycles. The van der Waals surface area contributed by atoms with Gasteiger partial charge in [-0.15, -0.1) is 0 Å². The summed E-state index contributed by atoms with van der Waals surface area (Å²) in [6.07, 6.45) is 36.8. The maximum absolute atomic E-state index is 12.9. The molecule has 368 valence electrons. The van der Waals surface area contributed by atoms with Crippen molar-refractivity contribution in [2.45, 2.75) is 269 Å². The van der Waals surface area contributed by atoms with E-state index < -0.39 is 59.8 Å². The molecule has 0 amide bonds. The van der Waals surface area contributed by atoms with Gasteiger partial charge in [0, 0.05) is 13.0 Å². The average molecular weight is 907 g/mol. The lowest BCUT2D eigenvalue weighted by Gasteiger charge is -2.41. The first-order valence-electron chi connectivity index (χ1n) is 25.4. The molecule has 1 rings (SSSR count). The number of hydrogen-bond donors (Lipinski definition) is 4. The van der Waals surface area contributed by atoms with Crippen molar-refractivity contribution in [3.05, 3.63) is 12.2 Å². The zero-order chi connectivity index (χ0) is 45.4. The van der Waals surface area contributed by atoms with Gasteiger partial charge in [0.15, 0.2) is 6.29 Å². The molecular weight excluding hydrogens is 813 g/mol. The minimum Gasteiger partial charge on any atom is -0.457 e. The minimum atomic E-state index is -5.06. The molecule has 1 aliphatic rings. The van der Waals surface area contributed by atoms with Crippen LogP contribution in [0.1, 0.15) is 232 Å². The van der Waals surface area contributed by atoms with E-state index in [1.807, 2.05) is 0 Å². The molecule has 1 saturated heterocycles. The third-order valence-corrected chi connectivity index (χ3v) is 12.4. The number of aliphatic hydroxyl groups excluding tert-OH is 3. The Bertz CT molecular complexity index is 1140. The number of esters is 1. The fourth-order valence-electron chi connectivity index (χ4n) is 8.02. The number of rotatable bonds is 45. The third-order valence-electron chi connectivity index (χ3n) is 11.9. The SMILES string of the molecule is CCCCCCCCCC/C=C\CCCCCCCCCCCCCC(=O)OC(COCCCCCCCCCCCCCC)COC1OC(CO)C(O)C(OS(=O)(=O)O)C1O. The van der Waals surface area contributed by atoms with Crippen molar-refractivity contribution in [2.24, 2.45) is 0 Å². The Morgan fingerprint density at radius 2 is 1.02 bits per heavy atom. The lowest BCUT2D eigenvalue weighted by Crippen LogP contribution is -2.60. The Morgan fingerprint density at radius 3 is 1.45 bits per heavy atom. The molecule has 0 bridgehead atoms. The van der Waals surface area contributed by atoms with Crippen LogP contribution in [0.15, 0.2) is 12.2 Å². The number of unbranched alkanes of at least 4 members (excludes halogenated alkanes) is 30. The van der Waals surface area contributed by atoms with Gasteiger partial charge in [0.1, 0.15) is 30.5 Å². The number of carbonyl (C=O) groups is 1. The van der Waals surface area contributed by atoms with Crippen LogP contribution in [0.25, 0.3) is 0 Å². The Morgan fingerprint density at radius 1 is 0.597 bits per heavy atom. The van der Waals surface area contributed by atoms with Gasteiger partial charge < -0.3 is 34.3 Å². The molecule has 4 N–H and O–H groups in total. The van der Waals surface area contributed by atoms with Crippen molar-refractivity contribution < 1.29 is 56.2 Å². The molecule has 0 aromatic heterocycles. The number of hydrogen-bond acceptors (Lipinski definition) is 11. The van der Waals surface area contributed by atoms with E-state index in [4.69, 9.17) is 18.9 Å². The summed E-state index contributed by atoms with van der Waals surface area (Å²) in [5, 5.41) is 30.7. The first-order valence-corrected chi connectivity index (χ1v) is 26.8. The summed E-state index contributed by atoms with van der Waals surface area (Å²) >= 11 is 0. The Labute approximate surface area is 379 Å². The van der Waals surface area contributed by atoms with Crippen molar-refractivity contribution in [1.82, 2.24) is 0 Å². The lowest BCUT2D eigenvalue weighted by molar-refractivity contribution is -0.301. The molecule has 0 aromatic carbocycles. The Kier molecular flexibility index (Phi) is 39.2. The van der Waals surface area contributed by atoms with Crippen LogP contribution >= 0.6 is 0 Å². The molecule has 62 heavy (non-hydrogen) atoms. The third kappa shape index (κ3) is 34.2. The number of aliphatic hydroxyl groups is 3. The summed E-state index contributed by atoms with van der Waals surface area (Å²) in [6, 6.07) is 0. The van der Waals surface area contributed by atoms with E-state index in [0.717, 1.165) is 38.5 Å². The van der Waals surface area contributed by atoms with E-state index in [1.54, 1.807) is 0 Å². The molecule has 6 atom stereocenters. The van der Waals surface area contributed by atoms with Gasteiger partial charge in [-0.2, -0.15) is 8.42 Å². The molecule has 0 aliphatic carbocycles. The van der Waals surface area contributed by atoms with Crippen molar-refractivity contribution >= 4 is 16.4 Å². The normalized spacial score (nSPS) is 20.0. The lowest BCUT2D eigenvalue weighted by atomic mass is 9.99. The molecule has 0 radical (unpaired) electrons. The van der Waals surface area contributed by atoms with E-state index in [2.05, 4.69) is 30.2 Å². The highest BCUT2D eigenvalue weighted by molar-refractivity contribution is 7.80. The van der Waals surface area contributed by atoms with E-state index in [-0.39, 0.29) is 19.6 Å². The zero-order valence-corrected chi connectivity index (χ0v) is 40.3. The highest BCUT2D eigenvalue weighted by Gasteiger charge is 2.48. The highest BCUT2D eigenvalue weighted by Crippen LogP contribution is 2.26. The standard InChI is InChI=1S/C49H94O12S/c1-3-5-7-9-11-13-15-17-18-19-20-21-22-23-24-25-26-27-28-30-32-34-36-38-45(51)59-43(41-57-39-37-35-33-31-29-16-14-12-10-8-6-4-2)42-58-49-47(53)48(61-62(54,55)56)46(52)44(40-50)60-49/h19-20,43-44,46-50,52-53H,3-18,21-42H2,1-2H3,(H,54,55,56)/b20-19-. The second-order valence-corrected chi connectivity index (χ2v) is 18.8. The molecule has 6 unspecified atom stereocenters. The van der Waals surface area contributed by atoms with E-state index in [1.165, 1.54) is 167 Å². The van der Waals surface area contributed by atoms with Gasteiger partial charge >= 0.3 is 16.4 Å². The molecule has 12 nitrogen and oxygen atoms in total. The first-order chi connectivity index (χ1) is 30.1. The average Bonchev–Trinajstić information content (AvgIpc) is 3.24. The number of allylic oxidation sites excluding steroid dienone is 2. The van der Waals surface area contributed by atoms with Crippen molar-refractivity contribution in [3.63, 3.8) is 0 Å². The molecule has 0 saturated carbocycles. The van der Waals surface area contributed by atoms with Crippen LogP contribution in [-0.2, 0) is 38.3 Å². The molecule has 0 aromatic rings. The van der Waals surface area contributed by atoms with Crippen molar-refractivity contribution in [2.75, 3.05) is 26.4 Å². The van der Waals surface area contributed by atoms with Gasteiger partial charge in [-0.1, -0.05) is 199 Å². The fourth-order valence-corrected chi connectivity index (χ4v) is 8.53. The Hall–Kier alpha value is -1.16. The van der Waals surface area contributed by atoms with Crippen LogP contribution in [0.4, 0.5) is 0 Å². The summed E-state index contributed by atoms with van der Waals surface area (Å²) < 4.78 is 59.2. The highest BCUT2D eigenvalue weighted by atomic mass is 32.3. The van der Waals surface area contributed by atoms with Crippen molar-refractivity contribution in [1.29, 1.82) is 0 Å².